The van der Waals surface area contributed by atoms with Gasteiger partial charge in [-0.1, -0.05) is 42.1 Å². The average molecular weight is 394 g/mol. The van der Waals surface area contributed by atoms with Gasteiger partial charge in [-0.3, -0.25) is 9.89 Å². The molecule has 0 spiro atoms. The van der Waals surface area contributed by atoms with Crippen molar-refractivity contribution in [3.8, 4) is 0 Å². The van der Waals surface area contributed by atoms with E-state index in [9.17, 15) is 4.79 Å². The Balaban J connectivity index is 1.41. The van der Waals surface area contributed by atoms with Crippen molar-refractivity contribution < 1.29 is 4.79 Å². The molecule has 6 nitrogen and oxygen atoms in total. The molecule has 1 amide bonds. The number of H-pyrrole nitrogens is 1. The van der Waals surface area contributed by atoms with E-state index in [0.29, 0.717) is 5.75 Å². The van der Waals surface area contributed by atoms with Gasteiger partial charge in [0.15, 0.2) is 5.16 Å². The first-order chi connectivity index (χ1) is 13.7. The molecule has 0 saturated carbocycles. The zero-order valence-electron chi connectivity index (χ0n) is 15.8. The molecule has 1 aliphatic heterocycles. The van der Waals surface area contributed by atoms with Crippen LogP contribution in [0.3, 0.4) is 0 Å². The van der Waals surface area contributed by atoms with Gasteiger partial charge < -0.3 is 9.80 Å². The van der Waals surface area contributed by atoms with Crippen LogP contribution in [0.5, 0.6) is 0 Å². The molecule has 0 radical (unpaired) electrons. The van der Waals surface area contributed by atoms with Gasteiger partial charge in [-0.25, -0.2) is 4.98 Å². The topological polar surface area (TPSA) is 65.1 Å². The summed E-state index contributed by atoms with van der Waals surface area (Å²) < 4.78 is 0. The molecule has 7 heteroatoms. The van der Waals surface area contributed by atoms with Gasteiger partial charge in [-0.05, 0) is 36.2 Å². The molecule has 28 heavy (non-hydrogen) atoms. The van der Waals surface area contributed by atoms with Crippen molar-refractivity contribution in [2.75, 3.05) is 31.1 Å². The van der Waals surface area contributed by atoms with Gasteiger partial charge in [0.25, 0.3) is 5.91 Å². The van der Waals surface area contributed by atoms with Crippen molar-refractivity contribution in [1.82, 2.24) is 20.1 Å². The van der Waals surface area contributed by atoms with E-state index in [1.165, 1.54) is 17.6 Å². The Hall–Kier alpha value is -2.80. The smallest absolute Gasteiger partial charge is 0.254 e. The average Bonchev–Trinajstić information content (AvgIpc) is 3.26. The summed E-state index contributed by atoms with van der Waals surface area (Å²) in [6, 6.07) is 16.4. The van der Waals surface area contributed by atoms with Crippen molar-refractivity contribution in [3.63, 3.8) is 0 Å². The summed E-state index contributed by atoms with van der Waals surface area (Å²) in [5.74, 6) is 0.790. The number of piperazine rings is 1. The maximum atomic E-state index is 13.1. The molecule has 4 rings (SSSR count). The van der Waals surface area contributed by atoms with E-state index in [4.69, 9.17) is 0 Å². The van der Waals surface area contributed by atoms with E-state index in [0.717, 1.165) is 42.5 Å². The Kier molecular flexibility index (Phi) is 5.62. The lowest BCUT2D eigenvalue weighted by atomic mass is 10.1. The third-order valence-electron chi connectivity index (χ3n) is 4.94. The monoisotopic (exact) mass is 393 g/mol. The highest BCUT2D eigenvalue weighted by atomic mass is 32.2. The molecule has 1 aliphatic rings. The predicted molar refractivity (Wildman–Crippen MR) is 112 cm³/mol. The summed E-state index contributed by atoms with van der Waals surface area (Å²) in [4.78, 5) is 21.6. The minimum Gasteiger partial charge on any atom is -0.368 e. The molecule has 144 valence electrons. The second kappa shape index (κ2) is 8.48. The number of hydrogen-bond acceptors (Lipinski definition) is 5. The third-order valence-corrected chi connectivity index (χ3v) is 5.86. The predicted octanol–water partition coefficient (Wildman–Crippen LogP) is 3.37. The second-order valence-corrected chi connectivity index (χ2v) is 7.82. The molecule has 0 atom stereocenters. The van der Waals surface area contributed by atoms with Crippen LogP contribution in [0.2, 0.25) is 0 Å². The number of nitrogens with one attached hydrogen (secondary N) is 1. The number of hydrogen-bond donors (Lipinski definition) is 1. The van der Waals surface area contributed by atoms with Gasteiger partial charge in [0.05, 0.1) is 0 Å². The van der Waals surface area contributed by atoms with E-state index < -0.39 is 0 Å². The first kappa shape index (κ1) is 18.6. The van der Waals surface area contributed by atoms with E-state index in [1.54, 1.807) is 11.8 Å². The second-order valence-electron chi connectivity index (χ2n) is 6.85. The van der Waals surface area contributed by atoms with E-state index in [2.05, 4.69) is 51.3 Å². The fraction of sp³-hybridized carbons (Fsp3) is 0.286. The van der Waals surface area contributed by atoms with Crippen LogP contribution in [-0.4, -0.2) is 52.2 Å². The molecule has 1 fully saturated rings. The van der Waals surface area contributed by atoms with Crippen LogP contribution in [0.15, 0.2) is 60.0 Å². The Morgan fingerprint density at radius 1 is 1.11 bits per heavy atom. The standard InChI is InChI=1S/C21H23N5OS/c1-16-5-4-7-18(13-16)25-9-11-26(12-10-25)20(27)19-8-3-2-6-17(19)14-28-21-22-15-23-24-21/h2-8,13,15H,9-12,14H2,1H3,(H,22,23,24). The largest absolute Gasteiger partial charge is 0.368 e. The number of thioether (sulfide) groups is 1. The molecule has 2 heterocycles. The SMILES string of the molecule is Cc1cccc(N2CCN(C(=O)c3ccccc3CSc3ncn[nH]3)CC2)c1. The van der Waals surface area contributed by atoms with Crippen LogP contribution >= 0.6 is 11.8 Å². The van der Waals surface area contributed by atoms with Crippen molar-refractivity contribution in [1.29, 1.82) is 0 Å². The molecule has 0 unspecified atom stereocenters. The minimum atomic E-state index is 0.109. The maximum absolute atomic E-state index is 13.1. The molecular weight excluding hydrogens is 370 g/mol. The molecule has 1 aromatic heterocycles. The lowest BCUT2D eigenvalue weighted by Gasteiger charge is -2.36. The fourth-order valence-electron chi connectivity index (χ4n) is 3.43. The Labute approximate surface area is 169 Å². The van der Waals surface area contributed by atoms with Gasteiger partial charge in [-0.15, -0.1) is 0 Å². The Bertz CT molecular complexity index is 935. The van der Waals surface area contributed by atoms with Gasteiger partial charge >= 0.3 is 0 Å². The molecule has 0 bridgehead atoms. The summed E-state index contributed by atoms with van der Waals surface area (Å²) in [5, 5.41) is 7.47. The highest BCUT2D eigenvalue weighted by molar-refractivity contribution is 7.98. The van der Waals surface area contributed by atoms with Crippen molar-refractivity contribution in [3.05, 3.63) is 71.5 Å². The van der Waals surface area contributed by atoms with Crippen LogP contribution in [0.25, 0.3) is 0 Å². The highest BCUT2D eigenvalue weighted by Gasteiger charge is 2.24. The summed E-state index contributed by atoms with van der Waals surface area (Å²) in [7, 11) is 0. The zero-order valence-corrected chi connectivity index (χ0v) is 16.7. The highest BCUT2D eigenvalue weighted by Crippen LogP contribution is 2.23. The molecule has 1 N–H and O–H groups in total. The first-order valence-electron chi connectivity index (χ1n) is 9.37. The van der Waals surface area contributed by atoms with Gasteiger partial charge in [-0.2, -0.15) is 5.10 Å². The maximum Gasteiger partial charge on any atom is 0.254 e. The van der Waals surface area contributed by atoms with Crippen LogP contribution < -0.4 is 4.90 Å². The molecule has 1 saturated heterocycles. The summed E-state index contributed by atoms with van der Waals surface area (Å²) in [5.41, 5.74) is 4.29. The minimum absolute atomic E-state index is 0.109. The molecular formula is C21H23N5OS. The number of nitrogens with zero attached hydrogens (tertiary/aromatic N) is 4. The number of aromatic nitrogens is 3. The normalized spacial score (nSPS) is 14.3. The quantitative estimate of drug-likeness (QED) is 0.674. The van der Waals surface area contributed by atoms with Gasteiger partial charge in [0.2, 0.25) is 0 Å². The van der Waals surface area contributed by atoms with Crippen molar-refractivity contribution >= 4 is 23.4 Å². The van der Waals surface area contributed by atoms with E-state index >= 15 is 0 Å². The van der Waals surface area contributed by atoms with Crippen LogP contribution in [0, 0.1) is 6.92 Å². The van der Waals surface area contributed by atoms with E-state index in [1.807, 2.05) is 29.2 Å². The van der Waals surface area contributed by atoms with Gasteiger partial charge in [0.1, 0.15) is 6.33 Å². The number of aromatic amines is 1. The van der Waals surface area contributed by atoms with Crippen molar-refractivity contribution in [2.45, 2.75) is 17.8 Å². The number of carbonyl (C=O) groups excluding carboxylic acids is 1. The lowest BCUT2D eigenvalue weighted by Crippen LogP contribution is -2.49. The van der Waals surface area contributed by atoms with Crippen LogP contribution in [0.1, 0.15) is 21.5 Å². The van der Waals surface area contributed by atoms with Crippen LogP contribution in [-0.2, 0) is 5.75 Å². The molecule has 3 aromatic rings. The van der Waals surface area contributed by atoms with Gasteiger partial charge in [0, 0.05) is 43.2 Å². The number of rotatable bonds is 5. The molecule has 0 aliphatic carbocycles. The number of carbonyl (C=O) groups is 1. The number of benzene rings is 2. The summed E-state index contributed by atoms with van der Waals surface area (Å²) in [6.07, 6.45) is 1.49. The third kappa shape index (κ3) is 4.20. The number of amides is 1. The molecule has 2 aromatic carbocycles. The number of anilines is 1. The Morgan fingerprint density at radius 2 is 1.93 bits per heavy atom. The number of aryl methyl sites for hydroxylation is 1. The van der Waals surface area contributed by atoms with Crippen LogP contribution in [0.4, 0.5) is 5.69 Å². The van der Waals surface area contributed by atoms with Crippen molar-refractivity contribution in [2.24, 2.45) is 0 Å². The fourth-order valence-corrected chi connectivity index (χ4v) is 4.21. The lowest BCUT2D eigenvalue weighted by molar-refractivity contribution is 0.0746. The first-order valence-corrected chi connectivity index (χ1v) is 10.4. The summed E-state index contributed by atoms with van der Waals surface area (Å²) in [6.45, 7) is 5.28. The summed E-state index contributed by atoms with van der Waals surface area (Å²) >= 11 is 1.55. The zero-order chi connectivity index (χ0) is 19.3. The Morgan fingerprint density at radius 3 is 2.68 bits per heavy atom. The van der Waals surface area contributed by atoms with E-state index in [-0.39, 0.29) is 5.91 Å².